The minimum atomic E-state index is -0.817. The van der Waals surface area contributed by atoms with Crippen molar-refractivity contribution in [2.75, 3.05) is 6.61 Å². The van der Waals surface area contributed by atoms with E-state index in [1.165, 1.54) is 0 Å². The van der Waals surface area contributed by atoms with Crippen molar-refractivity contribution >= 4 is 5.97 Å². The van der Waals surface area contributed by atoms with E-state index in [0.717, 1.165) is 50.5 Å². The molecule has 28 heavy (non-hydrogen) atoms. The SMILES string of the molecule is C[C@]12CC[C@H](O)C[C@@]1(O)CC[C@H]1[C@@H]2CC[C@]2(C)[C@@H](C3=CC(=O)OC3)CC[C@]12O. The highest BCUT2D eigenvalue weighted by Crippen LogP contribution is 2.70. The van der Waals surface area contributed by atoms with Gasteiger partial charge in [0.1, 0.15) is 6.61 Å². The fourth-order valence-electron chi connectivity index (χ4n) is 8.38. The Kier molecular flexibility index (Phi) is 3.97. The second-order valence-electron chi connectivity index (χ2n) is 10.9. The lowest BCUT2D eigenvalue weighted by Gasteiger charge is -2.66. The van der Waals surface area contributed by atoms with Gasteiger partial charge in [-0.2, -0.15) is 0 Å². The maximum absolute atomic E-state index is 12.1. The molecule has 4 fully saturated rings. The number of aliphatic hydroxyl groups is 3. The average Bonchev–Trinajstić information content (AvgIpc) is 3.17. The number of carbonyl (C=O) groups excluding carboxylic acids is 1. The maximum Gasteiger partial charge on any atom is 0.331 e. The Hall–Kier alpha value is -0.910. The second kappa shape index (κ2) is 5.83. The van der Waals surface area contributed by atoms with Crippen molar-refractivity contribution in [2.24, 2.45) is 28.6 Å². The summed E-state index contributed by atoms with van der Waals surface area (Å²) < 4.78 is 5.18. The number of rotatable bonds is 1. The molecule has 0 aromatic carbocycles. The first-order chi connectivity index (χ1) is 13.1. The predicted octanol–water partition coefficient (Wildman–Crippen LogP) is 2.72. The van der Waals surface area contributed by atoms with Crippen LogP contribution in [0.2, 0.25) is 0 Å². The van der Waals surface area contributed by atoms with E-state index in [1.807, 2.05) is 0 Å². The van der Waals surface area contributed by atoms with E-state index in [2.05, 4.69) is 13.8 Å². The number of hydrogen-bond acceptors (Lipinski definition) is 5. The highest BCUT2D eigenvalue weighted by atomic mass is 16.5. The molecule has 8 atom stereocenters. The van der Waals surface area contributed by atoms with Gasteiger partial charge in [0.25, 0.3) is 0 Å². The van der Waals surface area contributed by atoms with Gasteiger partial charge in [0.05, 0.1) is 17.3 Å². The molecule has 3 N–H and O–H groups in total. The van der Waals surface area contributed by atoms with Gasteiger partial charge in [-0.15, -0.1) is 0 Å². The molecule has 0 radical (unpaired) electrons. The van der Waals surface area contributed by atoms with Crippen LogP contribution in [0.25, 0.3) is 0 Å². The van der Waals surface area contributed by atoms with Gasteiger partial charge < -0.3 is 20.1 Å². The number of esters is 1. The van der Waals surface area contributed by atoms with Gasteiger partial charge in [-0.3, -0.25) is 0 Å². The summed E-state index contributed by atoms with van der Waals surface area (Å²) in [5.74, 6) is 0.409. The zero-order chi connectivity index (χ0) is 19.9. The minimum absolute atomic E-state index is 0.176. The first-order valence-corrected chi connectivity index (χ1v) is 11.1. The molecule has 5 aliphatic rings. The molecule has 1 heterocycles. The van der Waals surface area contributed by atoms with Crippen LogP contribution in [0.15, 0.2) is 11.6 Å². The quantitative estimate of drug-likeness (QED) is 0.599. The summed E-state index contributed by atoms with van der Waals surface area (Å²) in [6, 6.07) is 0. The van der Waals surface area contributed by atoms with E-state index in [0.29, 0.717) is 19.4 Å². The number of carbonyl (C=O) groups is 1. The normalized spacial score (nSPS) is 55.8. The smallest absolute Gasteiger partial charge is 0.331 e. The summed E-state index contributed by atoms with van der Waals surface area (Å²) in [5, 5.41) is 33.8. The number of hydrogen-bond donors (Lipinski definition) is 3. The molecule has 0 aromatic heterocycles. The Labute approximate surface area is 167 Å². The van der Waals surface area contributed by atoms with Crippen molar-refractivity contribution < 1.29 is 24.9 Å². The third kappa shape index (κ3) is 2.21. The number of cyclic esters (lactones) is 1. The highest BCUT2D eigenvalue weighted by molar-refractivity contribution is 5.85. The lowest BCUT2D eigenvalue weighted by atomic mass is 9.42. The third-order valence-electron chi connectivity index (χ3n) is 10.1. The molecule has 0 bridgehead atoms. The molecule has 156 valence electrons. The van der Waals surface area contributed by atoms with E-state index in [1.54, 1.807) is 6.08 Å². The molecule has 0 spiro atoms. The van der Waals surface area contributed by atoms with Gasteiger partial charge in [0, 0.05) is 17.9 Å². The lowest BCUT2D eigenvalue weighted by Crippen LogP contribution is -2.67. The Morgan fingerprint density at radius 2 is 1.68 bits per heavy atom. The summed E-state index contributed by atoms with van der Waals surface area (Å²) in [6.07, 6.45) is 8.33. The van der Waals surface area contributed by atoms with E-state index in [-0.39, 0.29) is 34.6 Å². The van der Waals surface area contributed by atoms with Crippen molar-refractivity contribution in [3.63, 3.8) is 0 Å². The van der Waals surface area contributed by atoms with E-state index >= 15 is 0 Å². The van der Waals surface area contributed by atoms with Crippen LogP contribution >= 0.6 is 0 Å². The van der Waals surface area contributed by atoms with Crippen molar-refractivity contribution in [3.05, 3.63) is 11.6 Å². The molecule has 5 nitrogen and oxygen atoms in total. The van der Waals surface area contributed by atoms with Crippen molar-refractivity contribution in [1.82, 2.24) is 0 Å². The Bertz CT molecular complexity index is 733. The van der Waals surface area contributed by atoms with Crippen molar-refractivity contribution in [1.29, 1.82) is 0 Å². The van der Waals surface area contributed by atoms with Crippen molar-refractivity contribution in [3.8, 4) is 0 Å². The summed E-state index contributed by atoms with van der Waals surface area (Å²) in [4.78, 5) is 11.6. The molecule has 5 rings (SSSR count). The number of ether oxygens (including phenoxy) is 1. The fourth-order valence-corrected chi connectivity index (χ4v) is 8.38. The Morgan fingerprint density at radius 3 is 2.39 bits per heavy atom. The molecule has 4 aliphatic carbocycles. The van der Waals surface area contributed by atoms with Crippen LogP contribution in [0.1, 0.15) is 71.6 Å². The first kappa shape index (κ1) is 19.1. The van der Waals surface area contributed by atoms with Gasteiger partial charge >= 0.3 is 5.97 Å². The molecule has 1 aliphatic heterocycles. The zero-order valence-corrected chi connectivity index (χ0v) is 17.1. The molecule has 5 heteroatoms. The van der Waals surface area contributed by atoms with Crippen LogP contribution < -0.4 is 0 Å². The molecule has 0 saturated heterocycles. The molecule has 0 amide bonds. The number of fused-ring (bicyclic) bond motifs is 5. The molecule has 0 unspecified atom stereocenters. The summed E-state index contributed by atoms with van der Waals surface area (Å²) in [6.45, 7) is 4.80. The predicted molar refractivity (Wildman–Crippen MR) is 103 cm³/mol. The molecular formula is C23H34O5. The molecule has 4 saturated carbocycles. The van der Waals surface area contributed by atoms with Crippen LogP contribution in [0.4, 0.5) is 0 Å². The van der Waals surface area contributed by atoms with E-state index in [4.69, 9.17) is 4.74 Å². The Balaban J connectivity index is 1.49. The van der Waals surface area contributed by atoms with Gasteiger partial charge in [-0.1, -0.05) is 13.8 Å². The van der Waals surface area contributed by atoms with Crippen LogP contribution in [0, 0.1) is 28.6 Å². The largest absolute Gasteiger partial charge is 0.458 e. The van der Waals surface area contributed by atoms with Gasteiger partial charge in [-0.25, -0.2) is 4.79 Å². The minimum Gasteiger partial charge on any atom is -0.458 e. The van der Waals surface area contributed by atoms with Gasteiger partial charge in [0.2, 0.25) is 0 Å². The average molecular weight is 391 g/mol. The van der Waals surface area contributed by atoms with Gasteiger partial charge in [-0.05, 0) is 80.1 Å². The van der Waals surface area contributed by atoms with Crippen LogP contribution in [0.3, 0.4) is 0 Å². The molecular weight excluding hydrogens is 356 g/mol. The standard InChI is InChI=1S/C23H34O5/c1-20-7-3-15(24)12-22(20,26)9-5-18-17(20)4-8-21(2)16(6-10-23(18,21)27)14-11-19(25)28-13-14/h11,15-18,24,26-27H,3-10,12-13H2,1-2H3/t15-,16+,17-,18-,20+,21+,22-,23-/m0/s1. The summed E-state index contributed by atoms with van der Waals surface area (Å²) in [7, 11) is 0. The first-order valence-electron chi connectivity index (χ1n) is 11.1. The summed E-state index contributed by atoms with van der Waals surface area (Å²) in [5.41, 5.74) is -0.999. The third-order valence-corrected chi connectivity index (χ3v) is 10.1. The monoisotopic (exact) mass is 390 g/mol. The van der Waals surface area contributed by atoms with E-state index < -0.39 is 17.3 Å². The van der Waals surface area contributed by atoms with E-state index in [9.17, 15) is 20.1 Å². The van der Waals surface area contributed by atoms with Gasteiger partial charge in [0.15, 0.2) is 0 Å². The topological polar surface area (TPSA) is 87.0 Å². The van der Waals surface area contributed by atoms with Crippen molar-refractivity contribution in [2.45, 2.75) is 88.9 Å². The fraction of sp³-hybridized carbons (Fsp3) is 0.870. The second-order valence-corrected chi connectivity index (χ2v) is 10.9. The number of aliphatic hydroxyl groups excluding tert-OH is 1. The van der Waals surface area contributed by atoms with Crippen LogP contribution in [-0.2, 0) is 9.53 Å². The highest BCUT2D eigenvalue weighted by Gasteiger charge is 2.70. The van der Waals surface area contributed by atoms with Crippen LogP contribution in [0.5, 0.6) is 0 Å². The Morgan fingerprint density at radius 1 is 0.964 bits per heavy atom. The zero-order valence-electron chi connectivity index (χ0n) is 17.1. The maximum atomic E-state index is 12.1. The van der Waals surface area contributed by atoms with Crippen LogP contribution in [-0.4, -0.2) is 45.2 Å². The molecule has 0 aromatic rings. The summed E-state index contributed by atoms with van der Waals surface area (Å²) >= 11 is 0. The lowest BCUT2D eigenvalue weighted by molar-refractivity contribution is -0.254.